The summed E-state index contributed by atoms with van der Waals surface area (Å²) < 4.78 is 5.34. The van der Waals surface area contributed by atoms with Gasteiger partial charge in [-0.1, -0.05) is 18.2 Å². The zero-order valence-corrected chi connectivity index (χ0v) is 15.5. The number of fused-ring (bicyclic) bond motifs is 1. The number of benzene rings is 1. The fourth-order valence-corrected chi connectivity index (χ4v) is 3.46. The minimum atomic E-state index is -0.440. The summed E-state index contributed by atoms with van der Waals surface area (Å²) in [6.45, 7) is 9.62. The first-order valence-electron chi connectivity index (χ1n) is 9.24. The smallest absolute Gasteiger partial charge is 0.407 e. The van der Waals surface area contributed by atoms with Gasteiger partial charge in [-0.25, -0.2) is 4.79 Å². The van der Waals surface area contributed by atoms with Crippen LogP contribution in [0.1, 0.15) is 40.0 Å². The van der Waals surface area contributed by atoms with Crippen LogP contribution >= 0.6 is 0 Å². The van der Waals surface area contributed by atoms with Gasteiger partial charge in [-0.15, -0.1) is 0 Å². The Labute approximate surface area is 149 Å². The van der Waals surface area contributed by atoms with Crippen molar-refractivity contribution in [2.45, 2.75) is 51.7 Å². The number of nitrogens with zero attached hydrogens (tertiary/aromatic N) is 2. The van der Waals surface area contributed by atoms with Crippen LogP contribution in [0.15, 0.2) is 29.3 Å². The Morgan fingerprint density at radius 1 is 1.28 bits per heavy atom. The van der Waals surface area contributed by atoms with Crippen molar-refractivity contribution in [1.29, 1.82) is 0 Å². The lowest BCUT2D eigenvalue weighted by Crippen LogP contribution is -2.46. The van der Waals surface area contributed by atoms with Crippen LogP contribution in [0.25, 0.3) is 5.57 Å². The van der Waals surface area contributed by atoms with Gasteiger partial charge in [0.15, 0.2) is 0 Å². The molecule has 0 radical (unpaired) electrons. The van der Waals surface area contributed by atoms with Crippen LogP contribution in [0, 0.1) is 0 Å². The molecule has 2 heterocycles. The van der Waals surface area contributed by atoms with E-state index in [1.807, 2.05) is 26.8 Å². The maximum atomic E-state index is 11.9. The van der Waals surface area contributed by atoms with E-state index in [1.165, 1.54) is 10.8 Å². The number of hydrogen-bond acceptors (Lipinski definition) is 4. The molecular formula is C20H29N3O2. The van der Waals surface area contributed by atoms with Crippen molar-refractivity contribution in [2.75, 3.05) is 26.2 Å². The van der Waals surface area contributed by atoms with Crippen molar-refractivity contribution in [2.24, 2.45) is 4.99 Å². The van der Waals surface area contributed by atoms with Crippen LogP contribution < -0.4 is 15.9 Å². The van der Waals surface area contributed by atoms with E-state index in [2.05, 4.69) is 33.4 Å². The lowest BCUT2D eigenvalue weighted by Gasteiger charge is -2.32. The Morgan fingerprint density at radius 2 is 2.00 bits per heavy atom. The van der Waals surface area contributed by atoms with Crippen molar-refractivity contribution in [3.8, 4) is 0 Å². The third-order valence-corrected chi connectivity index (χ3v) is 4.76. The van der Waals surface area contributed by atoms with Crippen LogP contribution in [0.2, 0.25) is 0 Å². The van der Waals surface area contributed by atoms with Crippen molar-refractivity contribution >= 4 is 11.7 Å². The lowest BCUT2D eigenvalue weighted by atomic mass is 10.0. The maximum absolute atomic E-state index is 11.9. The molecule has 0 atom stereocenters. The highest BCUT2D eigenvalue weighted by molar-refractivity contribution is 5.68. The van der Waals surface area contributed by atoms with Crippen molar-refractivity contribution in [1.82, 2.24) is 10.2 Å². The van der Waals surface area contributed by atoms with E-state index < -0.39 is 5.60 Å². The van der Waals surface area contributed by atoms with Gasteiger partial charge in [-0.3, -0.25) is 4.99 Å². The molecule has 136 valence electrons. The average Bonchev–Trinajstić information content (AvgIpc) is 2.96. The first-order valence-corrected chi connectivity index (χ1v) is 9.24. The fraction of sp³-hybridized carbons (Fsp3) is 0.600. The molecule has 0 aromatic heterocycles. The number of likely N-dealkylation sites (tertiary alicyclic amines) is 1. The summed E-state index contributed by atoms with van der Waals surface area (Å²) in [7, 11) is 0. The molecule has 0 spiro atoms. The average molecular weight is 343 g/mol. The summed E-state index contributed by atoms with van der Waals surface area (Å²) in [5.41, 5.74) is 1.01. The number of para-hydroxylation sites is 1. The third kappa shape index (κ3) is 5.05. The minimum Gasteiger partial charge on any atom is -0.444 e. The van der Waals surface area contributed by atoms with Gasteiger partial charge in [0.25, 0.3) is 0 Å². The predicted octanol–water partition coefficient (Wildman–Crippen LogP) is 1.85. The highest BCUT2D eigenvalue weighted by atomic mass is 16.6. The minimum absolute atomic E-state index is 0.223. The van der Waals surface area contributed by atoms with Crippen molar-refractivity contribution < 1.29 is 9.53 Å². The molecule has 2 aliphatic rings. The highest BCUT2D eigenvalue weighted by Crippen LogP contribution is 2.14. The van der Waals surface area contributed by atoms with Crippen LogP contribution in [-0.4, -0.2) is 48.8 Å². The Morgan fingerprint density at radius 3 is 2.72 bits per heavy atom. The molecule has 1 saturated heterocycles. The molecule has 0 unspecified atom stereocenters. The summed E-state index contributed by atoms with van der Waals surface area (Å²) in [4.78, 5) is 19.0. The van der Waals surface area contributed by atoms with Crippen LogP contribution in [-0.2, 0) is 4.74 Å². The first-order chi connectivity index (χ1) is 11.9. The van der Waals surface area contributed by atoms with Gasteiger partial charge in [0.2, 0.25) is 0 Å². The molecule has 5 nitrogen and oxygen atoms in total. The number of ether oxygens (including phenoxy) is 1. The third-order valence-electron chi connectivity index (χ3n) is 4.76. The molecule has 1 aromatic carbocycles. The van der Waals surface area contributed by atoms with Gasteiger partial charge in [0.1, 0.15) is 5.60 Å². The number of piperidine rings is 1. The molecule has 2 aliphatic heterocycles. The van der Waals surface area contributed by atoms with Gasteiger partial charge >= 0.3 is 6.09 Å². The van der Waals surface area contributed by atoms with E-state index in [-0.39, 0.29) is 12.1 Å². The zero-order chi connectivity index (χ0) is 17.9. The molecule has 3 rings (SSSR count). The van der Waals surface area contributed by atoms with Gasteiger partial charge in [-0.05, 0) is 51.7 Å². The van der Waals surface area contributed by atoms with E-state index >= 15 is 0 Å². The summed E-state index contributed by atoms with van der Waals surface area (Å²) in [5.74, 6) is 0. The van der Waals surface area contributed by atoms with Crippen molar-refractivity contribution in [3.63, 3.8) is 0 Å². The lowest BCUT2D eigenvalue weighted by molar-refractivity contribution is 0.0479. The monoisotopic (exact) mass is 343 g/mol. The number of hydrogen-bond donors (Lipinski definition) is 1. The number of nitrogens with one attached hydrogen (secondary N) is 1. The number of amides is 1. The summed E-state index contributed by atoms with van der Waals surface area (Å²) >= 11 is 0. The second-order valence-electron chi connectivity index (χ2n) is 7.95. The van der Waals surface area contributed by atoms with Gasteiger partial charge < -0.3 is 15.0 Å². The molecular weight excluding hydrogens is 314 g/mol. The van der Waals surface area contributed by atoms with Crippen LogP contribution in [0.3, 0.4) is 0 Å². The van der Waals surface area contributed by atoms with Crippen molar-refractivity contribution in [3.05, 3.63) is 34.8 Å². The van der Waals surface area contributed by atoms with E-state index in [0.29, 0.717) is 0 Å². The number of carbonyl (C=O) groups excluding carboxylic acids is 1. The second-order valence-corrected chi connectivity index (χ2v) is 7.95. The standard InChI is InChI=1S/C20H29N3O2/c1-20(2,3)25-19(24)22-16-9-12-23(13-10-16)11-8-15-14-21-18-7-5-4-6-17(15)18/h4-7,16H,8-14H2,1-3H3,(H,22,24). The van der Waals surface area contributed by atoms with E-state index in [0.717, 1.165) is 50.8 Å². The molecule has 0 bridgehead atoms. The Bertz CT molecular complexity index is 728. The Balaban J connectivity index is 1.43. The number of rotatable bonds is 4. The molecule has 1 aromatic rings. The van der Waals surface area contributed by atoms with Gasteiger partial charge in [-0.2, -0.15) is 0 Å². The van der Waals surface area contributed by atoms with E-state index in [1.54, 1.807) is 0 Å². The topological polar surface area (TPSA) is 53.9 Å². The van der Waals surface area contributed by atoms with E-state index in [9.17, 15) is 4.79 Å². The van der Waals surface area contributed by atoms with Gasteiger partial charge in [0, 0.05) is 30.9 Å². The molecule has 1 amide bonds. The summed E-state index contributed by atoms with van der Waals surface area (Å²) in [6.07, 6.45) is 2.74. The molecule has 25 heavy (non-hydrogen) atoms. The second kappa shape index (κ2) is 7.56. The van der Waals surface area contributed by atoms with E-state index in [4.69, 9.17) is 4.74 Å². The molecule has 0 aliphatic carbocycles. The largest absolute Gasteiger partial charge is 0.444 e. The fourth-order valence-electron chi connectivity index (χ4n) is 3.46. The molecule has 5 heteroatoms. The first kappa shape index (κ1) is 17.9. The SMILES string of the molecule is CC(C)(C)OC(=O)NC1CCN(CCC2=c3ccccc3=NC2)CC1. The normalized spacial score (nSPS) is 18.6. The Hall–Kier alpha value is -1.88. The number of alkyl carbamates (subject to hydrolysis) is 1. The molecule has 0 saturated carbocycles. The highest BCUT2D eigenvalue weighted by Gasteiger charge is 2.23. The van der Waals surface area contributed by atoms with Crippen LogP contribution in [0.4, 0.5) is 4.79 Å². The molecule has 1 N–H and O–H groups in total. The molecule has 1 fully saturated rings. The van der Waals surface area contributed by atoms with Crippen LogP contribution in [0.5, 0.6) is 0 Å². The maximum Gasteiger partial charge on any atom is 0.407 e. The zero-order valence-electron chi connectivity index (χ0n) is 15.5. The Kier molecular flexibility index (Phi) is 5.42. The number of carbonyl (C=O) groups is 1. The summed E-state index contributed by atoms with van der Waals surface area (Å²) in [5, 5.41) is 5.46. The van der Waals surface area contributed by atoms with Gasteiger partial charge in [0.05, 0.1) is 11.9 Å². The quantitative estimate of drug-likeness (QED) is 0.908. The predicted molar refractivity (Wildman–Crippen MR) is 98.9 cm³/mol. The summed E-state index contributed by atoms with van der Waals surface area (Å²) in [6, 6.07) is 8.64.